The van der Waals surface area contributed by atoms with Gasteiger partial charge >= 0.3 is 0 Å². The van der Waals surface area contributed by atoms with Crippen molar-refractivity contribution in [3.63, 3.8) is 0 Å². The molecule has 73 heavy (non-hydrogen) atoms. The van der Waals surface area contributed by atoms with E-state index >= 15 is 0 Å². The van der Waals surface area contributed by atoms with Gasteiger partial charge in [0.1, 0.15) is 5.69 Å². The van der Waals surface area contributed by atoms with Gasteiger partial charge in [0.05, 0.1) is 55.0 Å². The molecule has 2 aliphatic heterocycles. The average Bonchev–Trinajstić information content (AvgIpc) is 4.25. The predicted molar refractivity (Wildman–Crippen MR) is 290 cm³/mol. The highest BCUT2D eigenvalue weighted by Gasteiger charge is 2.29. The second-order valence-electron chi connectivity index (χ2n) is 19.5. The second kappa shape index (κ2) is 24.7. The molecular weight excluding hydrogens is 962 g/mol. The number of H-pyrrole nitrogens is 4. The number of aromatic nitrogens is 6. The van der Waals surface area contributed by atoms with E-state index in [2.05, 4.69) is 71.5 Å². The molecule has 6 heterocycles. The first-order valence-electron chi connectivity index (χ1n) is 24.9. The highest BCUT2D eigenvalue weighted by Crippen LogP contribution is 2.36. The normalized spacial score (nSPS) is 18.0. The number of hydrogen-bond donors (Lipinski definition) is 9. The van der Waals surface area contributed by atoms with Gasteiger partial charge in [-0.15, -0.1) is 0 Å². The van der Waals surface area contributed by atoms with Crippen LogP contribution < -0.4 is 27.0 Å². The number of ketones is 2. The molecule has 0 aliphatic carbocycles. The molecule has 384 valence electrons. The lowest BCUT2D eigenvalue weighted by atomic mass is 10.0. The summed E-state index contributed by atoms with van der Waals surface area (Å²) in [4.78, 5) is 48.6. The van der Waals surface area contributed by atoms with Gasteiger partial charge in [0.15, 0.2) is 11.6 Å². The van der Waals surface area contributed by atoms with Crippen LogP contribution in [0, 0.1) is 0 Å². The van der Waals surface area contributed by atoms with Gasteiger partial charge in [0.2, 0.25) is 0 Å². The summed E-state index contributed by atoms with van der Waals surface area (Å²) in [6.45, 7) is 7.23. The van der Waals surface area contributed by atoms with Crippen molar-refractivity contribution in [3.05, 3.63) is 142 Å². The molecule has 4 unspecified atom stereocenters. The molecule has 2 fully saturated rings. The number of carbonyl (C=O) groups is 3. The maximum Gasteiger partial charge on any atom is 0.268 e. The summed E-state index contributed by atoms with van der Waals surface area (Å²) in [5.74, 6) is 0.215. The molecule has 18 heteroatoms. The Morgan fingerprint density at radius 2 is 1.27 bits per heavy atom. The fourth-order valence-corrected chi connectivity index (χ4v) is 10.2. The Kier molecular flexibility index (Phi) is 17.9. The summed E-state index contributed by atoms with van der Waals surface area (Å²) in [5.41, 5.74) is 17.7. The number of aromatic amines is 4. The Morgan fingerprint density at radius 1 is 0.712 bits per heavy atom. The van der Waals surface area contributed by atoms with Crippen molar-refractivity contribution >= 4 is 40.7 Å². The van der Waals surface area contributed by atoms with Crippen molar-refractivity contribution in [2.75, 3.05) is 40.8 Å². The molecule has 0 bridgehead atoms. The lowest BCUT2D eigenvalue weighted by molar-refractivity contribution is -0.122. The number of amides is 1. The Labute approximate surface area is 437 Å². The van der Waals surface area contributed by atoms with Gasteiger partial charge in [-0.3, -0.25) is 34.4 Å². The van der Waals surface area contributed by atoms with Crippen molar-refractivity contribution in [2.45, 2.75) is 89.4 Å². The largest absolute Gasteiger partial charge is 0.363 e. The summed E-state index contributed by atoms with van der Waals surface area (Å²) in [5, 5.41) is 28.9. The molecule has 1 amide bonds. The molecule has 4 aromatic heterocycles. The lowest BCUT2D eigenvalue weighted by Gasteiger charge is -2.19. The SMILES string of the molecule is CC1CCC(C(=O)CN(C)Cc2ccc(-c3cn[nH]c3-c3c[nH]c(C(=O)N[C@H](CN)c4ccccc4)c3)cc2Cl)N1.CNCc1[nH]ccc1-c1[nH]ncc1-c1ccc(CN(C)CC(=O)C2CCC(C)N2)c(Cl)c1. The average molecular weight is 1030 g/mol. The van der Waals surface area contributed by atoms with E-state index in [9.17, 15) is 14.4 Å². The third-order valence-electron chi connectivity index (χ3n) is 13.7. The van der Waals surface area contributed by atoms with E-state index in [-0.39, 0.29) is 42.1 Å². The van der Waals surface area contributed by atoms with Crippen LogP contribution in [-0.2, 0) is 29.2 Å². The minimum atomic E-state index is -0.293. The number of halogens is 2. The van der Waals surface area contributed by atoms with Crippen molar-refractivity contribution in [1.82, 2.24) is 61.4 Å². The molecule has 3 aromatic carbocycles. The monoisotopic (exact) mass is 1030 g/mol. The summed E-state index contributed by atoms with van der Waals surface area (Å²) in [7, 11) is 5.82. The van der Waals surface area contributed by atoms with E-state index in [1.165, 1.54) is 0 Å². The van der Waals surface area contributed by atoms with Gasteiger partial charge in [0.25, 0.3) is 5.91 Å². The lowest BCUT2D eigenvalue weighted by Crippen LogP contribution is -2.40. The maximum absolute atomic E-state index is 13.0. The minimum absolute atomic E-state index is 0.0222. The van der Waals surface area contributed by atoms with Gasteiger partial charge in [-0.2, -0.15) is 10.2 Å². The highest BCUT2D eigenvalue weighted by atomic mass is 35.5. The number of carbonyl (C=O) groups excluding carboxylic acids is 3. The van der Waals surface area contributed by atoms with Crippen molar-refractivity contribution in [1.29, 1.82) is 0 Å². The molecule has 9 rings (SSSR count). The van der Waals surface area contributed by atoms with E-state index in [1.54, 1.807) is 18.5 Å². The Balaban J connectivity index is 0.000000201. The quantitative estimate of drug-likeness (QED) is 0.0358. The number of nitrogens with two attached hydrogens (primary N) is 1. The topological polar surface area (TPSA) is 221 Å². The Bertz CT molecular complexity index is 2960. The number of benzene rings is 3. The fraction of sp³-hybridized carbons (Fsp3) is 0.364. The Morgan fingerprint density at radius 3 is 1.79 bits per heavy atom. The third-order valence-corrected chi connectivity index (χ3v) is 14.4. The smallest absolute Gasteiger partial charge is 0.268 e. The van der Waals surface area contributed by atoms with Crippen LogP contribution >= 0.6 is 23.2 Å². The molecule has 16 nitrogen and oxygen atoms in total. The van der Waals surface area contributed by atoms with Crippen LogP contribution in [0.4, 0.5) is 0 Å². The maximum atomic E-state index is 13.0. The second-order valence-corrected chi connectivity index (χ2v) is 20.3. The van der Waals surface area contributed by atoms with E-state index in [0.29, 0.717) is 54.0 Å². The van der Waals surface area contributed by atoms with E-state index < -0.39 is 0 Å². The number of hydrogen-bond acceptors (Lipinski definition) is 11. The zero-order chi connectivity index (χ0) is 51.6. The van der Waals surface area contributed by atoms with Crippen molar-refractivity contribution in [3.8, 4) is 44.8 Å². The first-order chi connectivity index (χ1) is 35.3. The Hall–Kier alpha value is -6.21. The van der Waals surface area contributed by atoms with E-state index in [1.807, 2.05) is 110 Å². The molecule has 0 radical (unpaired) electrons. The summed E-state index contributed by atoms with van der Waals surface area (Å²) in [6, 6.07) is 25.9. The third kappa shape index (κ3) is 13.3. The summed E-state index contributed by atoms with van der Waals surface area (Å²) < 4.78 is 0. The standard InChI is InChI=1S/C31H36ClN7O2.C24H31ClN6O/c1-19-8-11-26(36-19)29(40)18-39(2)17-22-10-9-21(12-25(22)32)24-16-35-38-30(24)23-13-27(34-15-23)31(41)37-28(14-33)20-6-4-3-5-7-20;1-15-4-7-21(29-15)23(32)14-31(3)13-17-6-5-16(10-20(17)25)19-11-28-30-24(19)18-8-9-27-22(18)12-26-2/h3-7,9-10,12-13,15-16,19,26,28,34,36H,8,11,14,17-18,33H2,1-2H3,(H,35,38)(H,37,41);5-6,8-11,15,21,26-27,29H,4,7,12-14H2,1-3H3,(H,28,30)/t19?,26?,28-;/m1./s1. The predicted octanol–water partition coefficient (Wildman–Crippen LogP) is 7.88. The minimum Gasteiger partial charge on any atom is -0.363 e. The van der Waals surface area contributed by atoms with Gasteiger partial charge in [0, 0.05) is 88.6 Å². The first kappa shape index (κ1) is 53.1. The summed E-state index contributed by atoms with van der Waals surface area (Å²) in [6.07, 6.45) is 11.2. The van der Waals surface area contributed by atoms with Gasteiger partial charge in [-0.05, 0) is 113 Å². The molecule has 0 spiro atoms. The summed E-state index contributed by atoms with van der Waals surface area (Å²) >= 11 is 13.4. The number of likely N-dealkylation sites (N-methyl/N-ethyl adjacent to an activating group) is 2. The fourth-order valence-electron chi connectivity index (χ4n) is 9.76. The van der Waals surface area contributed by atoms with Crippen LogP contribution in [-0.4, -0.2) is 123 Å². The molecule has 10 N–H and O–H groups in total. The number of Topliss-reactive ketones (excluding diaryl/α,β-unsaturated/α-hetero) is 2. The van der Waals surface area contributed by atoms with Crippen LogP contribution in [0.5, 0.6) is 0 Å². The van der Waals surface area contributed by atoms with Crippen molar-refractivity contribution in [2.24, 2.45) is 5.73 Å². The molecule has 0 saturated carbocycles. The van der Waals surface area contributed by atoms with Crippen LogP contribution in [0.2, 0.25) is 10.0 Å². The number of nitrogens with zero attached hydrogens (tertiary/aromatic N) is 4. The van der Waals surface area contributed by atoms with Crippen LogP contribution in [0.3, 0.4) is 0 Å². The molecular formula is C55H67Cl2N13O3. The van der Waals surface area contributed by atoms with Gasteiger partial charge in [-0.25, -0.2) is 0 Å². The van der Waals surface area contributed by atoms with E-state index in [4.69, 9.17) is 28.9 Å². The van der Waals surface area contributed by atoms with Crippen LogP contribution in [0.15, 0.2) is 104 Å². The van der Waals surface area contributed by atoms with Gasteiger partial charge < -0.3 is 37.0 Å². The van der Waals surface area contributed by atoms with Crippen LogP contribution in [0.1, 0.15) is 78.4 Å². The first-order valence-corrected chi connectivity index (χ1v) is 25.7. The zero-order valence-corrected chi connectivity index (χ0v) is 43.6. The molecule has 5 atom stereocenters. The van der Waals surface area contributed by atoms with Gasteiger partial charge in [-0.1, -0.05) is 77.8 Å². The molecule has 2 saturated heterocycles. The highest BCUT2D eigenvalue weighted by molar-refractivity contribution is 6.32. The number of rotatable bonds is 20. The van der Waals surface area contributed by atoms with Crippen molar-refractivity contribution < 1.29 is 14.4 Å². The van der Waals surface area contributed by atoms with E-state index in [0.717, 1.165) is 99.4 Å². The molecule has 7 aromatic rings. The zero-order valence-electron chi connectivity index (χ0n) is 42.1. The number of nitrogens with one attached hydrogen (secondary N) is 8. The van der Waals surface area contributed by atoms with Crippen LogP contribution in [0.25, 0.3) is 44.8 Å². The molecule has 2 aliphatic rings.